The number of carbonyl (C=O) groups is 3. The van der Waals surface area contributed by atoms with Gasteiger partial charge in [0.15, 0.2) is 0 Å². The van der Waals surface area contributed by atoms with Crippen LogP contribution in [0.4, 0.5) is 0 Å². The van der Waals surface area contributed by atoms with Gasteiger partial charge in [-0.25, -0.2) is 4.68 Å². The molecule has 3 N–H and O–H groups in total. The molecule has 2 fully saturated rings. The van der Waals surface area contributed by atoms with Gasteiger partial charge in [-0.1, -0.05) is 23.4 Å². The van der Waals surface area contributed by atoms with Gasteiger partial charge in [0, 0.05) is 32.8 Å². The number of hydrogen-bond acceptors (Lipinski definition) is 7. The number of rotatable bonds is 10. The van der Waals surface area contributed by atoms with Crippen LogP contribution in [0.1, 0.15) is 36.8 Å². The first-order chi connectivity index (χ1) is 19.8. The molecule has 1 saturated heterocycles. The zero-order valence-corrected chi connectivity index (χ0v) is 23.3. The van der Waals surface area contributed by atoms with E-state index in [1.807, 2.05) is 55.7 Å². The number of likely N-dealkylation sites (tertiary alicyclic amines) is 1. The lowest BCUT2D eigenvalue weighted by molar-refractivity contribution is -0.140. The second kappa shape index (κ2) is 11.0. The van der Waals surface area contributed by atoms with E-state index in [9.17, 15) is 14.4 Å². The highest BCUT2D eigenvalue weighted by atomic mass is 16.5. The molecule has 0 unspecified atom stereocenters. The molecule has 41 heavy (non-hydrogen) atoms. The minimum absolute atomic E-state index is 0.00679. The zero-order valence-electron chi connectivity index (χ0n) is 23.3. The third kappa shape index (κ3) is 5.54. The van der Waals surface area contributed by atoms with Gasteiger partial charge < -0.3 is 25.6 Å². The van der Waals surface area contributed by atoms with Gasteiger partial charge in [0.1, 0.15) is 17.3 Å². The molecule has 1 aliphatic carbocycles. The normalized spacial score (nSPS) is 21.6. The number of benzene rings is 2. The largest absolute Gasteiger partial charge is 0.497 e. The number of ether oxygens (including phenoxy) is 1. The Bertz CT molecular complexity index is 1510. The van der Waals surface area contributed by atoms with Crippen LogP contribution < -0.4 is 15.8 Å². The van der Waals surface area contributed by atoms with Gasteiger partial charge >= 0.3 is 0 Å². The van der Waals surface area contributed by atoms with Crippen LogP contribution in [0, 0.1) is 5.92 Å². The van der Waals surface area contributed by atoms with Gasteiger partial charge in [0.25, 0.3) is 0 Å². The van der Waals surface area contributed by atoms with Crippen LogP contribution in [0.15, 0.2) is 54.2 Å². The van der Waals surface area contributed by atoms with Crippen LogP contribution in [0.2, 0.25) is 0 Å². The number of nitrogens with one attached hydrogen (secondary N) is 1. The van der Waals surface area contributed by atoms with E-state index < -0.39 is 12.1 Å². The van der Waals surface area contributed by atoms with Crippen molar-refractivity contribution in [1.82, 2.24) is 30.1 Å². The van der Waals surface area contributed by atoms with Gasteiger partial charge in [0.2, 0.25) is 17.7 Å². The summed E-state index contributed by atoms with van der Waals surface area (Å²) in [5, 5.41) is 11.2. The van der Waals surface area contributed by atoms with E-state index in [0.717, 1.165) is 40.8 Å². The minimum Gasteiger partial charge on any atom is -0.497 e. The van der Waals surface area contributed by atoms with Crippen molar-refractivity contribution in [2.45, 2.75) is 56.8 Å². The summed E-state index contributed by atoms with van der Waals surface area (Å²) in [4.78, 5) is 42.9. The molecule has 6 rings (SSSR count). The number of aromatic nitrogens is 3. The predicted molar refractivity (Wildman–Crippen MR) is 151 cm³/mol. The summed E-state index contributed by atoms with van der Waals surface area (Å²) in [7, 11) is 3.46. The van der Waals surface area contributed by atoms with E-state index in [2.05, 4.69) is 15.6 Å². The summed E-state index contributed by atoms with van der Waals surface area (Å²) < 4.78 is 6.96. The van der Waals surface area contributed by atoms with Crippen LogP contribution in [0.3, 0.4) is 0 Å². The molecule has 3 amide bonds. The fraction of sp³-hybridized carbons (Fsp3) is 0.433. The average molecular weight is 558 g/mol. The van der Waals surface area contributed by atoms with Crippen molar-refractivity contribution in [1.29, 1.82) is 0 Å². The van der Waals surface area contributed by atoms with Crippen molar-refractivity contribution in [3.05, 3.63) is 65.4 Å². The number of carbonyl (C=O) groups excluding carboxylic acids is 3. The van der Waals surface area contributed by atoms with Gasteiger partial charge in [-0.3, -0.25) is 14.4 Å². The standard InChI is InChI=1S/C30H35N7O4/c1-35-25-9-5-19(12-24(25)33-34-35)15-32-29(39)27-13-20(11-18-3-6-22(41-2)7-4-18)16-37(27)30(40)23(31)8-10-28(38)36-17-21-14-26(21)36/h3-7,9,12,17,20,23,26-27H,8,10-11,13-16,31H2,1-2H3,(H,32,39)/t20-,23-,26+,27+/m1/s1. The number of nitrogens with two attached hydrogens (primary N) is 1. The Balaban J connectivity index is 1.11. The smallest absolute Gasteiger partial charge is 0.243 e. The SMILES string of the molecule is COc1ccc(C[C@@H]2C[C@@H](C(=O)NCc3ccc4c(c3)nnn4C)N(C(=O)[C@H](N)CCC(=O)N3C=C4C[C@@H]43)C2)cc1. The third-order valence-electron chi connectivity index (χ3n) is 8.41. The molecule has 0 bridgehead atoms. The molecule has 1 aromatic heterocycles. The second-order valence-electron chi connectivity index (χ2n) is 11.3. The second-order valence-corrected chi connectivity index (χ2v) is 11.3. The summed E-state index contributed by atoms with van der Waals surface area (Å²) in [6.45, 7) is 0.733. The van der Waals surface area contributed by atoms with Gasteiger partial charge in [0.05, 0.1) is 24.7 Å². The average Bonchev–Trinajstić information content (AvgIpc) is 3.26. The lowest BCUT2D eigenvalue weighted by Gasteiger charge is -2.27. The summed E-state index contributed by atoms with van der Waals surface area (Å²) in [6, 6.07) is 12.4. The first-order valence-electron chi connectivity index (χ1n) is 14.1. The summed E-state index contributed by atoms with van der Waals surface area (Å²) in [6.07, 6.45) is 4.55. The Morgan fingerprint density at radius 2 is 1.93 bits per heavy atom. The van der Waals surface area contributed by atoms with E-state index >= 15 is 0 Å². The van der Waals surface area contributed by atoms with E-state index in [0.29, 0.717) is 19.5 Å². The number of hydrogen-bond donors (Lipinski definition) is 2. The fourth-order valence-electron chi connectivity index (χ4n) is 5.92. The minimum atomic E-state index is -0.850. The summed E-state index contributed by atoms with van der Waals surface area (Å²) in [5.41, 5.74) is 11.3. The molecule has 4 atom stereocenters. The third-order valence-corrected chi connectivity index (χ3v) is 8.41. The van der Waals surface area contributed by atoms with Crippen molar-refractivity contribution in [3.63, 3.8) is 0 Å². The molecular formula is C30H35N7O4. The highest BCUT2D eigenvalue weighted by Gasteiger charge is 2.46. The lowest BCUT2D eigenvalue weighted by atomic mass is 9.96. The number of fused-ring (bicyclic) bond motifs is 2. The molecule has 3 aliphatic rings. The number of aryl methyl sites for hydroxylation is 1. The van der Waals surface area contributed by atoms with Crippen molar-refractivity contribution in [3.8, 4) is 5.75 Å². The molecular weight excluding hydrogens is 522 g/mol. The predicted octanol–water partition coefficient (Wildman–Crippen LogP) is 1.66. The van der Waals surface area contributed by atoms with Gasteiger partial charge in [-0.2, -0.15) is 0 Å². The van der Waals surface area contributed by atoms with E-state index in [-0.39, 0.29) is 42.5 Å². The lowest BCUT2D eigenvalue weighted by Crippen LogP contribution is -2.51. The maximum absolute atomic E-state index is 13.6. The maximum Gasteiger partial charge on any atom is 0.243 e. The van der Waals surface area contributed by atoms with Crippen LogP contribution in [-0.4, -0.2) is 74.3 Å². The van der Waals surface area contributed by atoms with E-state index in [4.69, 9.17) is 10.5 Å². The number of amides is 3. The van der Waals surface area contributed by atoms with Crippen molar-refractivity contribution in [2.75, 3.05) is 13.7 Å². The van der Waals surface area contributed by atoms with Crippen molar-refractivity contribution >= 4 is 28.8 Å². The molecule has 1 saturated carbocycles. The molecule has 3 heterocycles. The molecule has 11 nitrogen and oxygen atoms in total. The quantitative estimate of drug-likeness (QED) is 0.387. The summed E-state index contributed by atoms with van der Waals surface area (Å²) in [5.74, 6) is 0.355. The molecule has 11 heteroatoms. The topological polar surface area (TPSA) is 136 Å². The zero-order chi connectivity index (χ0) is 28.7. The maximum atomic E-state index is 13.6. The molecule has 214 valence electrons. The Morgan fingerprint density at radius 3 is 2.63 bits per heavy atom. The molecule has 2 aromatic carbocycles. The molecule has 2 aliphatic heterocycles. The molecule has 0 spiro atoms. The van der Waals surface area contributed by atoms with Crippen LogP contribution in [-0.2, 0) is 34.4 Å². The monoisotopic (exact) mass is 557 g/mol. The van der Waals surface area contributed by atoms with Crippen LogP contribution in [0.5, 0.6) is 5.75 Å². The van der Waals surface area contributed by atoms with Crippen LogP contribution >= 0.6 is 0 Å². The first kappa shape index (κ1) is 26.9. The highest BCUT2D eigenvalue weighted by Crippen LogP contribution is 2.44. The number of nitrogens with zero attached hydrogens (tertiary/aromatic N) is 5. The van der Waals surface area contributed by atoms with Crippen LogP contribution in [0.25, 0.3) is 11.0 Å². The number of methoxy groups -OCH3 is 1. The Morgan fingerprint density at radius 1 is 1.15 bits per heavy atom. The Labute approximate surface area is 238 Å². The van der Waals surface area contributed by atoms with Crippen molar-refractivity contribution < 1.29 is 19.1 Å². The van der Waals surface area contributed by atoms with E-state index in [1.54, 1.807) is 21.6 Å². The van der Waals surface area contributed by atoms with E-state index in [1.165, 1.54) is 5.57 Å². The van der Waals surface area contributed by atoms with Gasteiger partial charge in [-0.15, -0.1) is 5.10 Å². The summed E-state index contributed by atoms with van der Waals surface area (Å²) >= 11 is 0. The highest BCUT2D eigenvalue weighted by molar-refractivity contribution is 5.91. The molecule has 0 radical (unpaired) electrons. The van der Waals surface area contributed by atoms with Crippen molar-refractivity contribution in [2.24, 2.45) is 18.7 Å². The Kier molecular flexibility index (Phi) is 7.21. The van der Waals surface area contributed by atoms with Gasteiger partial charge in [-0.05, 0) is 72.6 Å². The Hall–Kier alpha value is -4.25. The first-order valence-corrected chi connectivity index (χ1v) is 14.1. The fourth-order valence-corrected chi connectivity index (χ4v) is 5.92. The molecule has 3 aromatic rings.